The van der Waals surface area contributed by atoms with Crippen LogP contribution in [0.15, 0.2) is 48.5 Å². The van der Waals surface area contributed by atoms with Gasteiger partial charge in [-0.25, -0.2) is 0 Å². The molecule has 25 heavy (non-hydrogen) atoms. The molecule has 0 unspecified atom stereocenters. The largest absolute Gasteiger partial charge is 0.489 e. The van der Waals surface area contributed by atoms with E-state index >= 15 is 0 Å². The second-order valence-electron chi connectivity index (χ2n) is 5.94. The van der Waals surface area contributed by atoms with Crippen LogP contribution in [0.25, 0.3) is 0 Å². The number of benzene rings is 2. The van der Waals surface area contributed by atoms with Gasteiger partial charge in [0.15, 0.2) is 0 Å². The van der Waals surface area contributed by atoms with Crippen LogP contribution in [0, 0.1) is 0 Å². The number of para-hydroxylation sites is 1. The van der Waals surface area contributed by atoms with Crippen LogP contribution in [-0.2, 0) is 17.9 Å². The third kappa shape index (κ3) is 8.10. The van der Waals surface area contributed by atoms with Gasteiger partial charge in [0.05, 0.1) is 6.10 Å². The molecule has 2 rings (SSSR count). The number of hydrogen-bond donors (Lipinski definition) is 1. The van der Waals surface area contributed by atoms with Gasteiger partial charge < -0.3 is 14.8 Å². The zero-order chi connectivity index (χ0) is 17.2. The van der Waals surface area contributed by atoms with Gasteiger partial charge >= 0.3 is 0 Å². The van der Waals surface area contributed by atoms with Crippen LogP contribution >= 0.6 is 24.0 Å². The summed E-state index contributed by atoms with van der Waals surface area (Å²) in [6.45, 7) is 7.07. The number of hydrogen-bond acceptors (Lipinski definition) is 3. The van der Waals surface area contributed by atoms with Crippen LogP contribution < -0.4 is 10.1 Å². The Labute approximate surface area is 162 Å². The number of halogens is 2. The second kappa shape index (κ2) is 12.2. The highest BCUT2D eigenvalue weighted by atomic mass is 35.5. The van der Waals surface area contributed by atoms with Crippen LogP contribution in [-0.4, -0.2) is 19.3 Å². The van der Waals surface area contributed by atoms with Crippen LogP contribution in [0.5, 0.6) is 5.75 Å². The zero-order valence-corrected chi connectivity index (χ0v) is 16.4. The van der Waals surface area contributed by atoms with Crippen molar-refractivity contribution in [2.45, 2.75) is 39.5 Å². The molecule has 138 valence electrons. The number of nitrogens with one attached hydrogen (secondary N) is 1. The van der Waals surface area contributed by atoms with Crippen molar-refractivity contribution >= 4 is 24.0 Å². The molecule has 1 N–H and O–H groups in total. The highest BCUT2D eigenvalue weighted by Crippen LogP contribution is 2.21. The Morgan fingerprint density at radius 2 is 1.68 bits per heavy atom. The number of ether oxygens (including phenoxy) is 2. The first kappa shape index (κ1) is 21.8. The lowest BCUT2D eigenvalue weighted by molar-refractivity contribution is 0.0770. The van der Waals surface area contributed by atoms with E-state index < -0.39 is 0 Å². The molecule has 0 atom stereocenters. The summed E-state index contributed by atoms with van der Waals surface area (Å²) >= 11 is 6.18. The average molecular weight is 384 g/mol. The molecule has 0 radical (unpaired) electrons. The molecule has 0 aliphatic carbocycles. The fourth-order valence-corrected chi connectivity index (χ4v) is 2.49. The minimum absolute atomic E-state index is 0. The van der Waals surface area contributed by atoms with E-state index in [-0.39, 0.29) is 12.4 Å². The molecule has 0 aliphatic rings. The quantitative estimate of drug-likeness (QED) is 0.568. The van der Waals surface area contributed by atoms with Gasteiger partial charge in [0.1, 0.15) is 12.4 Å². The molecular formula is C20H27Cl2NO2. The van der Waals surface area contributed by atoms with Crippen molar-refractivity contribution in [3.63, 3.8) is 0 Å². The summed E-state index contributed by atoms with van der Waals surface area (Å²) in [5.74, 6) is 0.892. The van der Waals surface area contributed by atoms with Gasteiger partial charge in [0.25, 0.3) is 0 Å². The van der Waals surface area contributed by atoms with Gasteiger partial charge in [-0.05, 0) is 38.9 Å². The van der Waals surface area contributed by atoms with E-state index in [1.807, 2.05) is 42.5 Å². The Kier molecular flexibility index (Phi) is 10.6. The van der Waals surface area contributed by atoms with E-state index in [0.717, 1.165) is 48.0 Å². The van der Waals surface area contributed by atoms with Crippen molar-refractivity contribution in [1.29, 1.82) is 0 Å². The first-order valence-corrected chi connectivity index (χ1v) is 8.81. The Bertz CT molecular complexity index is 620. The minimum Gasteiger partial charge on any atom is -0.489 e. The van der Waals surface area contributed by atoms with E-state index in [4.69, 9.17) is 21.1 Å². The maximum Gasteiger partial charge on any atom is 0.124 e. The SMILES string of the molecule is CC(C)OCCCNCc1ccccc1OCc1ccccc1Cl.Cl. The van der Waals surface area contributed by atoms with Crippen molar-refractivity contribution in [3.8, 4) is 5.75 Å². The Balaban J connectivity index is 0.00000312. The third-order valence-corrected chi connectivity index (χ3v) is 3.95. The van der Waals surface area contributed by atoms with Crippen molar-refractivity contribution in [2.75, 3.05) is 13.2 Å². The molecule has 0 saturated carbocycles. The van der Waals surface area contributed by atoms with Crippen LogP contribution in [0.4, 0.5) is 0 Å². The molecule has 0 amide bonds. The summed E-state index contributed by atoms with van der Waals surface area (Å²) in [6.07, 6.45) is 1.30. The molecule has 0 fully saturated rings. The Morgan fingerprint density at radius 3 is 2.40 bits per heavy atom. The standard InChI is InChI=1S/C20H26ClNO2.ClH/c1-16(2)23-13-7-12-22-14-17-8-4-6-11-20(17)24-15-18-9-3-5-10-19(18)21;/h3-6,8-11,16,22H,7,12-15H2,1-2H3;1H. The van der Waals surface area contributed by atoms with E-state index in [1.165, 1.54) is 0 Å². The van der Waals surface area contributed by atoms with Crippen LogP contribution in [0.2, 0.25) is 5.02 Å². The average Bonchev–Trinajstić information content (AvgIpc) is 2.58. The molecule has 2 aromatic carbocycles. The topological polar surface area (TPSA) is 30.5 Å². The lowest BCUT2D eigenvalue weighted by atomic mass is 10.2. The summed E-state index contributed by atoms with van der Waals surface area (Å²) in [7, 11) is 0. The minimum atomic E-state index is 0. The Hall–Kier alpha value is -1.26. The molecule has 0 aliphatic heterocycles. The summed E-state index contributed by atoms with van der Waals surface area (Å²) in [5, 5.41) is 4.17. The van der Waals surface area contributed by atoms with E-state index in [0.29, 0.717) is 12.7 Å². The van der Waals surface area contributed by atoms with Crippen molar-refractivity contribution < 1.29 is 9.47 Å². The van der Waals surface area contributed by atoms with Gasteiger partial charge in [-0.1, -0.05) is 48.0 Å². The monoisotopic (exact) mass is 383 g/mol. The normalized spacial score (nSPS) is 10.6. The Morgan fingerprint density at radius 1 is 1.00 bits per heavy atom. The molecule has 0 spiro atoms. The maximum atomic E-state index is 6.18. The van der Waals surface area contributed by atoms with Gasteiger partial charge in [0.2, 0.25) is 0 Å². The predicted octanol–water partition coefficient (Wildman–Crippen LogP) is 5.25. The maximum absolute atomic E-state index is 6.18. The third-order valence-electron chi connectivity index (χ3n) is 3.58. The summed E-state index contributed by atoms with van der Waals surface area (Å²) in [6, 6.07) is 15.9. The van der Waals surface area contributed by atoms with Crippen molar-refractivity contribution in [3.05, 3.63) is 64.7 Å². The highest BCUT2D eigenvalue weighted by molar-refractivity contribution is 6.31. The summed E-state index contributed by atoms with van der Waals surface area (Å²) < 4.78 is 11.5. The lowest BCUT2D eigenvalue weighted by Gasteiger charge is -2.13. The summed E-state index contributed by atoms with van der Waals surface area (Å²) in [5.41, 5.74) is 2.14. The molecule has 0 aromatic heterocycles. The lowest BCUT2D eigenvalue weighted by Crippen LogP contribution is -2.17. The predicted molar refractivity (Wildman–Crippen MR) is 107 cm³/mol. The van der Waals surface area contributed by atoms with E-state index in [9.17, 15) is 0 Å². The fraction of sp³-hybridized carbons (Fsp3) is 0.400. The zero-order valence-electron chi connectivity index (χ0n) is 14.8. The molecule has 0 saturated heterocycles. The first-order valence-electron chi connectivity index (χ1n) is 8.43. The van der Waals surface area contributed by atoms with Crippen molar-refractivity contribution in [2.24, 2.45) is 0 Å². The molecular weight excluding hydrogens is 357 g/mol. The van der Waals surface area contributed by atoms with Gasteiger partial charge in [-0.15, -0.1) is 12.4 Å². The second-order valence-corrected chi connectivity index (χ2v) is 6.34. The molecule has 5 heteroatoms. The van der Waals surface area contributed by atoms with Gasteiger partial charge in [-0.2, -0.15) is 0 Å². The summed E-state index contributed by atoms with van der Waals surface area (Å²) in [4.78, 5) is 0. The number of rotatable bonds is 10. The highest BCUT2D eigenvalue weighted by Gasteiger charge is 2.05. The van der Waals surface area contributed by atoms with Crippen LogP contribution in [0.1, 0.15) is 31.4 Å². The van der Waals surface area contributed by atoms with Crippen LogP contribution in [0.3, 0.4) is 0 Å². The smallest absolute Gasteiger partial charge is 0.124 e. The van der Waals surface area contributed by atoms with Gasteiger partial charge in [-0.3, -0.25) is 0 Å². The van der Waals surface area contributed by atoms with Gasteiger partial charge in [0, 0.05) is 29.3 Å². The molecule has 0 heterocycles. The van der Waals surface area contributed by atoms with E-state index in [2.05, 4.69) is 25.2 Å². The van der Waals surface area contributed by atoms with E-state index in [1.54, 1.807) is 0 Å². The molecule has 3 nitrogen and oxygen atoms in total. The molecule has 2 aromatic rings. The fourth-order valence-electron chi connectivity index (χ4n) is 2.30. The molecule has 0 bridgehead atoms. The first-order chi connectivity index (χ1) is 11.7. The van der Waals surface area contributed by atoms with Crippen molar-refractivity contribution in [1.82, 2.24) is 5.32 Å².